The van der Waals surface area contributed by atoms with Gasteiger partial charge in [-0.15, -0.1) is 0 Å². The van der Waals surface area contributed by atoms with Crippen molar-refractivity contribution in [1.29, 1.82) is 0 Å². The predicted molar refractivity (Wildman–Crippen MR) is 102 cm³/mol. The first-order chi connectivity index (χ1) is 12.0. The van der Waals surface area contributed by atoms with Crippen molar-refractivity contribution < 1.29 is 19.1 Å². The van der Waals surface area contributed by atoms with E-state index in [2.05, 4.69) is 18.6 Å². The molecule has 0 radical (unpaired) electrons. The molecule has 0 heterocycles. The van der Waals surface area contributed by atoms with E-state index in [0.717, 1.165) is 19.3 Å². The van der Waals surface area contributed by atoms with Crippen molar-refractivity contribution >= 4 is 11.9 Å². The first-order valence-electron chi connectivity index (χ1n) is 10.1. The zero-order valence-electron chi connectivity index (χ0n) is 17.0. The lowest BCUT2D eigenvalue weighted by Crippen LogP contribution is -2.12. The topological polar surface area (TPSA) is 52.6 Å². The second kappa shape index (κ2) is 16.4. The van der Waals surface area contributed by atoms with E-state index in [-0.39, 0.29) is 11.9 Å². The van der Waals surface area contributed by atoms with E-state index in [1.807, 2.05) is 0 Å². The number of esters is 2. The van der Waals surface area contributed by atoms with Crippen LogP contribution in [0.1, 0.15) is 97.3 Å². The van der Waals surface area contributed by atoms with E-state index >= 15 is 0 Å². The molecule has 0 spiro atoms. The van der Waals surface area contributed by atoms with Gasteiger partial charge in [0, 0.05) is 12.8 Å². The van der Waals surface area contributed by atoms with Crippen molar-refractivity contribution in [2.75, 3.05) is 14.2 Å². The molecular formula is C21H40O4. The van der Waals surface area contributed by atoms with Crippen LogP contribution in [0.3, 0.4) is 0 Å². The van der Waals surface area contributed by atoms with Crippen molar-refractivity contribution in [3.8, 4) is 0 Å². The molecule has 0 aliphatic rings. The Morgan fingerprint density at radius 3 is 1.56 bits per heavy atom. The number of unbranched alkanes of at least 4 members (excludes halogenated alkanes) is 8. The van der Waals surface area contributed by atoms with Gasteiger partial charge in [-0.3, -0.25) is 9.59 Å². The maximum Gasteiger partial charge on any atom is 0.305 e. The summed E-state index contributed by atoms with van der Waals surface area (Å²) in [5.41, 5.74) is 0. The van der Waals surface area contributed by atoms with Crippen LogP contribution in [-0.2, 0) is 19.1 Å². The van der Waals surface area contributed by atoms with Gasteiger partial charge in [0.15, 0.2) is 0 Å². The largest absolute Gasteiger partial charge is 0.469 e. The highest BCUT2D eigenvalue weighted by Crippen LogP contribution is 2.24. The van der Waals surface area contributed by atoms with Gasteiger partial charge < -0.3 is 9.47 Å². The van der Waals surface area contributed by atoms with E-state index in [9.17, 15) is 9.59 Å². The summed E-state index contributed by atoms with van der Waals surface area (Å²) in [5.74, 6) is 1.09. The molecule has 4 heteroatoms. The van der Waals surface area contributed by atoms with Gasteiger partial charge in [-0.2, -0.15) is 0 Å². The monoisotopic (exact) mass is 356 g/mol. The van der Waals surface area contributed by atoms with Crippen LogP contribution < -0.4 is 0 Å². The Morgan fingerprint density at radius 1 is 0.640 bits per heavy atom. The van der Waals surface area contributed by atoms with E-state index in [0.29, 0.717) is 24.7 Å². The number of carbonyl (C=O) groups excluding carboxylic acids is 2. The molecule has 0 aliphatic carbocycles. The Hall–Kier alpha value is -1.06. The lowest BCUT2D eigenvalue weighted by Gasteiger charge is -2.20. The summed E-state index contributed by atoms with van der Waals surface area (Å²) in [4.78, 5) is 22.3. The second-order valence-electron chi connectivity index (χ2n) is 7.42. The number of rotatable bonds is 16. The van der Waals surface area contributed by atoms with Crippen LogP contribution in [0.25, 0.3) is 0 Å². The Labute approximate surface area is 155 Å². The average Bonchev–Trinajstić information content (AvgIpc) is 2.60. The Bertz CT molecular complexity index is 339. The third-order valence-electron chi connectivity index (χ3n) is 5.07. The molecule has 4 nitrogen and oxygen atoms in total. The van der Waals surface area contributed by atoms with Crippen molar-refractivity contribution in [3.05, 3.63) is 0 Å². The first kappa shape index (κ1) is 23.9. The summed E-state index contributed by atoms with van der Waals surface area (Å²) in [6, 6.07) is 0. The molecule has 1 atom stereocenters. The SMILES string of the molecule is COC(=O)CCCCCCCCCCCC(CCC(=O)OC)C(C)C. The molecule has 0 saturated heterocycles. The highest BCUT2D eigenvalue weighted by Gasteiger charge is 2.15. The van der Waals surface area contributed by atoms with Crippen molar-refractivity contribution in [3.63, 3.8) is 0 Å². The summed E-state index contributed by atoms with van der Waals surface area (Å²) in [7, 11) is 2.91. The van der Waals surface area contributed by atoms with Gasteiger partial charge >= 0.3 is 11.9 Å². The fourth-order valence-electron chi connectivity index (χ4n) is 3.23. The zero-order chi connectivity index (χ0) is 18.9. The molecule has 0 fully saturated rings. The molecule has 0 amide bonds. The molecule has 0 aromatic heterocycles. The third-order valence-corrected chi connectivity index (χ3v) is 5.07. The number of carbonyl (C=O) groups is 2. The molecule has 0 saturated carbocycles. The molecule has 0 aromatic rings. The van der Waals surface area contributed by atoms with Crippen molar-refractivity contribution in [2.24, 2.45) is 11.8 Å². The molecule has 0 aliphatic heterocycles. The number of methoxy groups -OCH3 is 2. The van der Waals surface area contributed by atoms with Gasteiger partial charge in [0.2, 0.25) is 0 Å². The summed E-state index contributed by atoms with van der Waals surface area (Å²) in [5, 5.41) is 0. The minimum atomic E-state index is -0.0914. The molecule has 25 heavy (non-hydrogen) atoms. The minimum Gasteiger partial charge on any atom is -0.469 e. The van der Waals surface area contributed by atoms with Crippen LogP contribution >= 0.6 is 0 Å². The van der Waals surface area contributed by atoms with Crippen LogP contribution in [0.5, 0.6) is 0 Å². The van der Waals surface area contributed by atoms with Gasteiger partial charge in [-0.25, -0.2) is 0 Å². The van der Waals surface area contributed by atoms with E-state index < -0.39 is 0 Å². The van der Waals surface area contributed by atoms with Gasteiger partial charge in [0.1, 0.15) is 0 Å². The maximum absolute atomic E-state index is 11.3. The third kappa shape index (κ3) is 14.9. The lowest BCUT2D eigenvalue weighted by molar-refractivity contribution is -0.141. The van der Waals surface area contributed by atoms with E-state index in [1.54, 1.807) is 0 Å². The summed E-state index contributed by atoms with van der Waals surface area (Å²) in [6.07, 6.45) is 14.3. The van der Waals surface area contributed by atoms with Crippen molar-refractivity contribution in [1.82, 2.24) is 0 Å². The van der Waals surface area contributed by atoms with Crippen LogP contribution in [0, 0.1) is 11.8 Å². The normalized spacial score (nSPS) is 12.2. The summed E-state index contributed by atoms with van der Waals surface area (Å²) < 4.78 is 9.38. The highest BCUT2D eigenvalue weighted by molar-refractivity contribution is 5.69. The molecule has 0 bridgehead atoms. The Kier molecular flexibility index (Phi) is 15.7. The molecule has 0 N–H and O–H groups in total. The van der Waals surface area contributed by atoms with Crippen LogP contribution in [0.2, 0.25) is 0 Å². The fourth-order valence-corrected chi connectivity index (χ4v) is 3.23. The fraction of sp³-hybridized carbons (Fsp3) is 0.905. The average molecular weight is 357 g/mol. The smallest absolute Gasteiger partial charge is 0.305 e. The number of hydrogen-bond donors (Lipinski definition) is 0. The first-order valence-corrected chi connectivity index (χ1v) is 10.1. The van der Waals surface area contributed by atoms with Gasteiger partial charge in [-0.1, -0.05) is 71.6 Å². The highest BCUT2D eigenvalue weighted by atomic mass is 16.5. The van der Waals surface area contributed by atoms with E-state index in [4.69, 9.17) is 4.74 Å². The quantitative estimate of drug-likeness (QED) is 0.264. The molecule has 0 rings (SSSR count). The van der Waals surface area contributed by atoms with E-state index in [1.165, 1.54) is 65.6 Å². The van der Waals surface area contributed by atoms with Gasteiger partial charge in [0.05, 0.1) is 14.2 Å². The number of hydrogen-bond acceptors (Lipinski definition) is 4. The molecule has 0 aromatic carbocycles. The van der Waals surface area contributed by atoms with Crippen molar-refractivity contribution in [2.45, 2.75) is 97.3 Å². The number of ether oxygens (including phenoxy) is 2. The summed E-state index contributed by atoms with van der Waals surface area (Å²) >= 11 is 0. The minimum absolute atomic E-state index is 0.0859. The van der Waals surface area contributed by atoms with Gasteiger partial charge in [0.25, 0.3) is 0 Å². The second-order valence-corrected chi connectivity index (χ2v) is 7.42. The van der Waals surface area contributed by atoms with Gasteiger partial charge in [-0.05, 0) is 24.7 Å². The van der Waals surface area contributed by atoms with Crippen LogP contribution in [-0.4, -0.2) is 26.2 Å². The Balaban J connectivity index is 3.48. The maximum atomic E-state index is 11.3. The van der Waals surface area contributed by atoms with Crippen LogP contribution in [0.15, 0.2) is 0 Å². The standard InChI is InChI=1S/C21H40O4/c1-18(2)19(16-17-21(23)25-4)14-12-10-8-6-5-7-9-11-13-15-20(22)24-3/h18-19H,5-17H2,1-4H3. The molecule has 1 unspecified atom stereocenters. The Morgan fingerprint density at radius 2 is 1.08 bits per heavy atom. The van der Waals surface area contributed by atoms with Crippen LogP contribution in [0.4, 0.5) is 0 Å². The summed E-state index contributed by atoms with van der Waals surface area (Å²) in [6.45, 7) is 4.50. The molecule has 148 valence electrons. The molecular weight excluding hydrogens is 316 g/mol. The lowest BCUT2D eigenvalue weighted by atomic mass is 9.86. The predicted octanol–water partition coefficient (Wildman–Crippen LogP) is 5.68. The zero-order valence-corrected chi connectivity index (χ0v) is 17.0.